The van der Waals surface area contributed by atoms with Gasteiger partial charge in [-0.05, 0) is 0 Å². The van der Waals surface area contributed by atoms with E-state index in [4.69, 9.17) is 27.4 Å². The topological polar surface area (TPSA) is 91.5 Å². The number of hydrogen-bond acceptors (Lipinski definition) is 9. The van der Waals surface area contributed by atoms with Crippen LogP contribution in [0, 0.1) is 13.8 Å². The third-order valence-electron chi connectivity index (χ3n) is 14.1. The van der Waals surface area contributed by atoms with Crippen LogP contribution < -0.4 is 42.4 Å². The Morgan fingerprint density at radius 3 is 1.11 bits per heavy atom. The van der Waals surface area contributed by atoms with Crippen molar-refractivity contribution in [3.05, 3.63) is 252 Å². The van der Waals surface area contributed by atoms with Crippen molar-refractivity contribution in [3.8, 4) is 34.5 Å². The summed E-state index contributed by atoms with van der Waals surface area (Å²) in [5, 5.41) is 8.10. The minimum absolute atomic E-state index is 0.231. The Kier molecular flexibility index (Phi) is 13.9. The SMILES string of the molecule is Cc1ccc(C(C)(C)c2ccc(OC3C4N[PH](Oc5ccccc5)(Oc5ccccc5)N[PH](Oc5ccccc5)(Oc5ccc(C(C)(C)c6ccc(C)cc6)cc5)C(C)N[PH]43Oc3ccccc3)cc2)cc1. The second kappa shape index (κ2) is 20.3. The number of hydrogen-bond donors (Lipinski definition) is 3. The minimum atomic E-state index is -4.10. The number of para-hydroxylation sites is 4. The van der Waals surface area contributed by atoms with Gasteiger partial charge in [-0.1, -0.05) is 0 Å². The fourth-order valence-corrected chi connectivity index (χ4v) is 22.8. The molecule has 8 aromatic carbocycles. The summed E-state index contributed by atoms with van der Waals surface area (Å²) in [6, 6.07) is 73.7. The van der Waals surface area contributed by atoms with E-state index in [1.165, 1.54) is 27.8 Å². The van der Waals surface area contributed by atoms with Crippen LogP contribution in [0.2, 0.25) is 0 Å². The van der Waals surface area contributed by atoms with Crippen molar-refractivity contribution >= 4 is 23.5 Å². The van der Waals surface area contributed by atoms with Crippen molar-refractivity contribution in [2.24, 2.45) is 0 Å². The molecule has 0 radical (unpaired) electrons. The zero-order valence-corrected chi connectivity index (χ0v) is 45.0. The molecule has 2 aliphatic heterocycles. The molecular weight excluding hydrogens is 952 g/mol. The van der Waals surface area contributed by atoms with Gasteiger partial charge in [0.25, 0.3) is 0 Å². The molecule has 2 saturated heterocycles. The van der Waals surface area contributed by atoms with E-state index in [0.717, 1.165) is 17.1 Å². The van der Waals surface area contributed by atoms with E-state index in [9.17, 15) is 0 Å². The first-order valence-electron chi connectivity index (χ1n) is 24.8. The molecule has 72 heavy (non-hydrogen) atoms. The number of nitrogens with one attached hydrogen (secondary N) is 3. The molecule has 3 N–H and O–H groups in total. The summed E-state index contributed by atoms with van der Waals surface area (Å²) >= 11 is 0. The zero-order valence-electron chi connectivity index (χ0n) is 42.0. The molecule has 3 atom stereocenters. The van der Waals surface area contributed by atoms with Crippen LogP contribution in [-0.2, 0) is 10.8 Å². The van der Waals surface area contributed by atoms with E-state index in [1.807, 2.05) is 133 Å². The third-order valence-corrected chi connectivity index (χ3v) is 25.2. The molecule has 0 bridgehead atoms. The molecule has 10 rings (SSSR count). The fraction of sp³-hybridized carbons (Fsp3) is 0.200. The Bertz CT molecular complexity index is 3010. The molecule has 2 heterocycles. The van der Waals surface area contributed by atoms with Crippen LogP contribution >= 0.6 is 23.5 Å². The molecule has 0 spiro atoms. The number of ether oxygens (including phenoxy) is 1. The summed E-state index contributed by atoms with van der Waals surface area (Å²) in [7, 11) is -11.5. The Labute approximate surface area is 426 Å². The van der Waals surface area contributed by atoms with Crippen molar-refractivity contribution in [2.45, 2.75) is 76.7 Å². The standard InChI is InChI=1S/C60H66N3O6P3/c1-44-28-32-47(33-29-44)59(4,5)49-36-40-51(41-37-49)64-58-57-62-72(68-54-24-16-10-17-25-54,69-55-26-18-11-19-27-55)63-71(66-53-22-14-9-15-23-53,46(3)61-70(57,58)65-52-20-12-8-13-21-52)67-56-42-38-50(39-43-56)60(6,7)48-34-30-45(2)31-35-48/h8-43,46,57-58,61-63,70-72H,1-7H3. The van der Waals surface area contributed by atoms with Gasteiger partial charge in [0.2, 0.25) is 0 Å². The van der Waals surface area contributed by atoms with Gasteiger partial charge in [0.15, 0.2) is 0 Å². The monoisotopic (exact) mass is 1020 g/mol. The van der Waals surface area contributed by atoms with Crippen molar-refractivity contribution < 1.29 is 27.4 Å². The molecule has 0 saturated carbocycles. The summed E-state index contributed by atoms with van der Waals surface area (Å²) < 4.78 is 44.2. The van der Waals surface area contributed by atoms with Gasteiger partial charge in [0.1, 0.15) is 0 Å². The molecule has 0 aromatic heterocycles. The van der Waals surface area contributed by atoms with Crippen LogP contribution in [0.15, 0.2) is 218 Å². The van der Waals surface area contributed by atoms with Gasteiger partial charge < -0.3 is 0 Å². The van der Waals surface area contributed by atoms with Gasteiger partial charge in [0.05, 0.1) is 0 Å². The Hall–Kier alpha value is -6.27. The van der Waals surface area contributed by atoms with Crippen molar-refractivity contribution in [1.29, 1.82) is 0 Å². The van der Waals surface area contributed by atoms with Crippen LogP contribution in [0.4, 0.5) is 0 Å². The van der Waals surface area contributed by atoms with E-state index in [0.29, 0.717) is 23.0 Å². The van der Waals surface area contributed by atoms with E-state index in [-0.39, 0.29) is 10.8 Å². The van der Waals surface area contributed by atoms with Crippen molar-refractivity contribution in [1.82, 2.24) is 15.0 Å². The average molecular weight is 1020 g/mol. The summed E-state index contributed by atoms with van der Waals surface area (Å²) in [6.45, 7) is 15.4. The van der Waals surface area contributed by atoms with E-state index < -0.39 is 40.9 Å². The quantitative estimate of drug-likeness (QED) is 0.0819. The summed E-state index contributed by atoms with van der Waals surface area (Å²) in [5.41, 5.74) is 6.76. The molecule has 0 amide bonds. The molecule has 0 aliphatic carbocycles. The molecule has 372 valence electrons. The normalized spacial score (nSPS) is 20.1. The summed E-state index contributed by atoms with van der Waals surface area (Å²) in [4.78, 5) is 3.99. The predicted octanol–water partition coefficient (Wildman–Crippen LogP) is 15.0. The molecule has 9 nitrogen and oxygen atoms in total. The molecule has 2 fully saturated rings. The summed E-state index contributed by atoms with van der Waals surface area (Å²) in [6.07, 6.45) is 0. The van der Waals surface area contributed by atoms with Gasteiger partial charge in [0, 0.05) is 0 Å². The van der Waals surface area contributed by atoms with E-state index in [1.54, 1.807) is 0 Å². The predicted molar refractivity (Wildman–Crippen MR) is 300 cm³/mol. The van der Waals surface area contributed by atoms with E-state index in [2.05, 4.69) is 148 Å². The molecule has 3 unspecified atom stereocenters. The fourth-order valence-electron chi connectivity index (χ4n) is 9.53. The van der Waals surface area contributed by atoms with Gasteiger partial charge in [-0.2, -0.15) is 0 Å². The third kappa shape index (κ3) is 10.5. The van der Waals surface area contributed by atoms with Gasteiger partial charge in [-0.15, -0.1) is 0 Å². The number of fused-ring (bicyclic) bond motifs is 1. The van der Waals surface area contributed by atoms with Crippen molar-refractivity contribution in [2.75, 3.05) is 0 Å². The number of rotatable bonds is 16. The Balaban J connectivity index is 1.10. The zero-order chi connectivity index (χ0) is 50.0. The molecule has 2 aliphatic rings. The van der Waals surface area contributed by atoms with Crippen LogP contribution in [0.3, 0.4) is 0 Å². The van der Waals surface area contributed by atoms with Crippen LogP contribution in [0.1, 0.15) is 68.0 Å². The first kappa shape index (κ1) is 49.3. The second-order valence-electron chi connectivity index (χ2n) is 20.0. The van der Waals surface area contributed by atoms with Crippen molar-refractivity contribution in [3.63, 3.8) is 0 Å². The molecule has 8 aromatic rings. The average Bonchev–Trinajstić information content (AvgIpc) is 3.93. The second-order valence-corrected chi connectivity index (χ2v) is 28.8. The summed E-state index contributed by atoms with van der Waals surface area (Å²) in [5.74, 6) is 2.50. The van der Waals surface area contributed by atoms with Gasteiger partial charge >= 0.3 is 429 Å². The van der Waals surface area contributed by atoms with E-state index >= 15 is 0 Å². The maximum absolute atomic E-state index is 7.52. The first-order chi connectivity index (χ1) is 34.7. The molecule has 12 heteroatoms. The van der Waals surface area contributed by atoms with Crippen LogP contribution in [0.25, 0.3) is 0 Å². The maximum atomic E-state index is 7.52. The number of benzene rings is 8. The van der Waals surface area contributed by atoms with Gasteiger partial charge in [-0.3, -0.25) is 0 Å². The first-order valence-corrected chi connectivity index (χ1v) is 30.5. The number of aryl methyl sites for hydroxylation is 2. The van der Waals surface area contributed by atoms with Gasteiger partial charge in [-0.25, -0.2) is 0 Å². The van der Waals surface area contributed by atoms with Crippen LogP contribution in [0.5, 0.6) is 34.5 Å². The molecular formula is C60H66N3O6P3. The van der Waals surface area contributed by atoms with Crippen LogP contribution in [-0.4, -0.2) is 17.4 Å². The Morgan fingerprint density at radius 2 is 0.708 bits per heavy atom. The Morgan fingerprint density at radius 1 is 0.375 bits per heavy atom.